The molecule has 266 valence electrons. The first-order valence-corrected chi connectivity index (χ1v) is 15.3. The number of hydrogen-bond donors (Lipinski definition) is 14. The molecule has 18 N–H and O–H groups in total. The second-order valence-corrected chi connectivity index (χ2v) is 12.5. The number of aliphatic hydroxyl groups excluding tert-OH is 7. The Morgan fingerprint density at radius 1 is 0.935 bits per heavy atom. The Balaban J connectivity index is 1.50. The van der Waals surface area contributed by atoms with E-state index in [2.05, 4.69) is 15.6 Å². The summed E-state index contributed by atoms with van der Waals surface area (Å²) in [4.78, 5) is 17.0. The summed E-state index contributed by atoms with van der Waals surface area (Å²) in [5.74, 6) is -1.17. The molecular formula is C26H49N7O13. The molecule has 2 saturated carbocycles. The average Bonchev–Trinajstić information content (AvgIpc) is 3.64. The van der Waals surface area contributed by atoms with Crippen LogP contribution >= 0.6 is 0 Å². The van der Waals surface area contributed by atoms with Crippen LogP contribution in [0.1, 0.15) is 25.7 Å². The van der Waals surface area contributed by atoms with E-state index in [1.807, 2.05) is 0 Å². The van der Waals surface area contributed by atoms with Gasteiger partial charge in [0, 0.05) is 32.0 Å². The number of ether oxygens (including phenoxy) is 4. The number of carbonyl (C=O) groups is 1. The van der Waals surface area contributed by atoms with Crippen molar-refractivity contribution in [3.8, 4) is 0 Å². The molecule has 2 aliphatic carbocycles. The molecule has 4 fully saturated rings. The Morgan fingerprint density at radius 3 is 2.24 bits per heavy atom. The van der Waals surface area contributed by atoms with Crippen molar-refractivity contribution in [3.05, 3.63) is 0 Å². The molecule has 2 saturated heterocycles. The van der Waals surface area contributed by atoms with E-state index >= 15 is 0 Å². The molecule has 0 spiro atoms. The molecule has 1 amide bonds. The first-order valence-electron chi connectivity index (χ1n) is 15.3. The highest BCUT2D eigenvalue weighted by molar-refractivity contribution is 5.90. The lowest BCUT2D eigenvalue weighted by molar-refractivity contribution is -0.313. The highest BCUT2D eigenvalue weighted by Gasteiger charge is 2.61. The summed E-state index contributed by atoms with van der Waals surface area (Å²) in [5.41, 5.74) is 21.5. The fourth-order valence-corrected chi connectivity index (χ4v) is 5.98. The second-order valence-electron chi connectivity index (χ2n) is 12.5. The van der Waals surface area contributed by atoms with Crippen molar-refractivity contribution in [2.45, 2.75) is 123 Å². The molecule has 0 aromatic rings. The second kappa shape index (κ2) is 15.6. The summed E-state index contributed by atoms with van der Waals surface area (Å²) in [6, 6.07) is -3.78. The number of aliphatic hydroxyl groups is 8. The normalized spacial score (nSPS) is 45.1. The topological polar surface area (TPSA) is 356 Å². The Hall–Kier alpha value is -1.86. The summed E-state index contributed by atoms with van der Waals surface area (Å²) in [5, 5.41) is 87.3. The van der Waals surface area contributed by atoms with E-state index in [0.29, 0.717) is 0 Å². The molecule has 0 aromatic carbocycles. The molecule has 0 bridgehead atoms. The van der Waals surface area contributed by atoms with Crippen molar-refractivity contribution < 1.29 is 64.6 Å². The van der Waals surface area contributed by atoms with Crippen molar-refractivity contribution >= 4 is 11.9 Å². The number of nitrogens with one attached hydrogen (secondary N) is 2. The number of rotatable bonds is 13. The van der Waals surface area contributed by atoms with Crippen LogP contribution in [0.2, 0.25) is 0 Å². The van der Waals surface area contributed by atoms with Gasteiger partial charge in [-0.25, -0.2) is 4.99 Å². The summed E-state index contributed by atoms with van der Waals surface area (Å²) >= 11 is 0. The van der Waals surface area contributed by atoms with E-state index < -0.39 is 116 Å². The summed E-state index contributed by atoms with van der Waals surface area (Å²) in [6.07, 6.45) is -13.7. The van der Waals surface area contributed by atoms with Gasteiger partial charge in [0.25, 0.3) is 5.91 Å². The zero-order chi connectivity index (χ0) is 33.9. The van der Waals surface area contributed by atoms with Crippen molar-refractivity contribution in [2.24, 2.45) is 27.9 Å². The quantitative estimate of drug-likeness (QED) is 0.0640. The van der Waals surface area contributed by atoms with E-state index in [0.717, 1.165) is 0 Å². The minimum Gasteiger partial charge on any atom is -0.394 e. The lowest BCUT2D eigenvalue weighted by Gasteiger charge is -2.48. The molecule has 2 heterocycles. The van der Waals surface area contributed by atoms with Crippen LogP contribution in [0, 0.1) is 0 Å². The fraction of sp³-hybridized carbons (Fsp3) is 0.923. The largest absolute Gasteiger partial charge is 0.394 e. The van der Waals surface area contributed by atoms with Crippen molar-refractivity contribution in [1.82, 2.24) is 10.6 Å². The summed E-state index contributed by atoms with van der Waals surface area (Å²) in [7, 11) is 0. The van der Waals surface area contributed by atoms with Gasteiger partial charge < -0.3 is 93.4 Å². The molecular weight excluding hydrogens is 618 g/mol. The third kappa shape index (κ3) is 8.59. The van der Waals surface area contributed by atoms with Gasteiger partial charge in [-0.1, -0.05) is 0 Å². The molecule has 0 radical (unpaired) electrons. The van der Waals surface area contributed by atoms with E-state index in [9.17, 15) is 40.5 Å². The van der Waals surface area contributed by atoms with Crippen LogP contribution in [0.5, 0.6) is 0 Å². The maximum Gasteiger partial charge on any atom is 0.254 e. The molecule has 20 nitrogen and oxygen atoms in total. The maximum absolute atomic E-state index is 13.1. The molecule has 20 heteroatoms. The first-order chi connectivity index (χ1) is 21.7. The highest BCUT2D eigenvalue weighted by Crippen LogP contribution is 2.40. The van der Waals surface area contributed by atoms with Crippen LogP contribution in [0.15, 0.2) is 4.99 Å². The van der Waals surface area contributed by atoms with E-state index in [1.54, 1.807) is 0 Å². The average molecular weight is 668 g/mol. The van der Waals surface area contributed by atoms with Gasteiger partial charge >= 0.3 is 0 Å². The standard InChI is InChI=1S/C26H49N7O13/c27-10-1-12(32-24(41)26(42)4-18(26)33-25(29)30)21(46-23-15(39)3-14(38)17(8-35)44-23)19(40)20(10)45-22-11(28)2-13(37)16(43-22)6-31-5-9(36)7-34/h9-23,31,34-40,42H,1-8,27-28H2,(H,32,41)(H4,29,30,33)/t9?,10-,11+,12+,13-,14-,15+,16+,17+,18?,19-,20+,21-,22+,23+,26?/m0/s1. The van der Waals surface area contributed by atoms with Gasteiger partial charge in [-0.3, -0.25) is 4.79 Å². The van der Waals surface area contributed by atoms with E-state index in [1.165, 1.54) is 0 Å². The Labute approximate surface area is 264 Å². The van der Waals surface area contributed by atoms with Crippen molar-refractivity contribution in [1.29, 1.82) is 0 Å². The van der Waals surface area contributed by atoms with Crippen LogP contribution < -0.4 is 33.6 Å². The van der Waals surface area contributed by atoms with Gasteiger partial charge in [0.15, 0.2) is 24.1 Å². The summed E-state index contributed by atoms with van der Waals surface area (Å²) < 4.78 is 23.5. The molecule has 4 aliphatic rings. The molecule has 0 aromatic heterocycles. The number of nitrogens with two attached hydrogens (primary N) is 4. The number of carbonyl (C=O) groups excluding carboxylic acids is 1. The monoisotopic (exact) mass is 667 g/mol. The molecule has 4 rings (SSSR count). The van der Waals surface area contributed by atoms with Gasteiger partial charge in [-0.05, 0) is 12.8 Å². The smallest absolute Gasteiger partial charge is 0.254 e. The minimum absolute atomic E-state index is 0.0318. The Kier molecular flexibility index (Phi) is 12.5. The molecule has 46 heavy (non-hydrogen) atoms. The maximum atomic E-state index is 13.1. The van der Waals surface area contributed by atoms with Crippen molar-refractivity contribution in [2.75, 3.05) is 26.3 Å². The summed E-state index contributed by atoms with van der Waals surface area (Å²) in [6.45, 7) is -0.943. The number of amides is 1. The molecule has 3 unspecified atom stereocenters. The third-order valence-corrected chi connectivity index (χ3v) is 8.76. The zero-order valence-corrected chi connectivity index (χ0v) is 25.2. The fourth-order valence-electron chi connectivity index (χ4n) is 5.98. The van der Waals surface area contributed by atoms with Gasteiger partial charge in [-0.15, -0.1) is 0 Å². The van der Waals surface area contributed by atoms with Crippen LogP contribution in [0.4, 0.5) is 0 Å². The number of aliphatic imine (C=N–C) groups is 1. The van der Waals surface area contributed by atoms with Gasteiger partial charge in [0.2, 0.25) is 0 Å². The van der Waals surface area contributed by atoms with E-state index in [4.69, 9.17) is 47.0 Å². The predicted molar refractivity (Wildman–Crippen MR) is 155 cm³/mol. The minimum atomic E-state index is -1.93. The lowest BCUT2D eigenvalue weighted by atomic mass is 9.83. The van der Waals surface area contributed by atoms with Crippen molar-refractivity contribution in [3.63, 3.8) is 0 Å². The predicted octanol–water partition coefficient (Wildman–Crippen LogP) is -8.31. The van der Waals surface area contributed by atoms with Crippen LogP contribution in [0.25, 0.3) is 0 Å². The van der Waals surface area contributed by atoms with Gasteiger partial charge in [0.1, 0.15) is 30.5 Å². The van der Waals surface area contributed by atoms with E-state index in [-0.39, 0.29) is 44.7 Å². The highest BCUT2D eigenvalue weighted by atomic mass is 16.7. The number of nitrogens with zero attached hydrogens (tertiary/aromatic N) is 1. The van der Waals surface area contributed by atoms with Crippen LogP contribution in [-0.4, -0.2) is 176 Å². The zero-order valence-electron chi connectivity index (χ0n) is 25.2. The SMILES string of the molecule is NC(N)=NC1CC1(O)C(=O)N[C@@H]1C[C@H](N)[C@@H](O[C@H]2O[C@H](CNCC(O)CO)[C@@H](O)C[C@H]2N)[C@H](O)[C@H]1O[C@H]1O[C@H](CO)[C@@H](O)C[C@H]1O. The third-order valence-electron chi connectivity index (χ3n) is 8.76. The number of guanidine groups is 1. The Morgan fingerprint density at radius 2 is 1.59 bits per heavy atom. The first kappa shape index (κ1) is 37.0. The number of hydrogen-bond acceptors (Lipinski definition) is 17. The van der Waals surface area contributed by atoms with Crippen LogP contribution in [-0.2, 0) is 23.7 Å². The Bertz CT molecular complexity index is 1050. The molecule has 2 aliphatic heterocycles. The van der Waals surface area contributed by atoms with Gasteiger partial charge in [0.05, 0.1) is 55.8 Å². The lowest BCUT2D eigenvalue weighted by Crippen LogP contribution is -2.68. The van der Waals surface area contributed by atoms with Gasteiger partial charge in [-0.2, -0.15) is 0 Å². The van der Waals surface area contributed by atoms with Crippen LogP contribution in [0.3, 0.4) is 0 Å². The molecule has 16 atom stereocenters.